The minimum Gasteiger partial charge on any atom is -0.493 e. The fourth-order valence-electron chi connectivity index (χ4n) is 3.94. The van der Waals surface area contributed by atoms with Gasteiger partial charge >= 0.3 is 5.97 Å². The third-order valence-electron chi connectivity index (χ3n) is 5.61. The zero-order valence-corrected chi connectivity index (χ0v) is 20.5. The molecule has 4 rings (SSSR count). The maximum absolute atomic E-state index is 12.8. The zero-order valence-electron chi connectivity index (χ0n) is 18.9. The first kappa shape index (κ1) is 23.9. The van der Waals surface area contributed by atoms with Crippen LogP contribution in [0.5, 0.6) is 5.75 Å². The Balaban J connectivity index is 1.38. The average Bonchev–Trinajstić information content (AvgIpc) is 3.22. The van der Waals surface area contributed by atoms with E-state index in [0.29, 0.717) is 28.5 Å². The molecule has 0 saturated heterocycles. The number of rotatable bonds is 7. The molecule has 0 atom stereocenters. The van der Waals surface area contributed by atoms with E-state index in [2.05, 4.69) is 22.8 Å². The molecular weight excluding hydrogens is 468 g/mol. The van der Waals surface area contributed by atoms with Crippen LogP contribution in [0.2, 0.25) is 0 Å². The Hall–Kier alpha value is -3.23. The maximum Gasteiger partial charge on any atom is 0.341 e. The molecule has 0 aliphatic heterocycles. The van der Waals surface area contributed by atoms with E-state index in [1.807, 2.05) is 24.3 Å². The van der Waals surface area contributed by atoms with Crippen LogP contribution in [0, 0.1) is 0 Å². The van der Waals surface area contributed by atoms with Gasteiger partial charge in [-0.1, -0.05) is 36.4 Å². The fraction of sp³-hybridized carbons (Fsp3) is 0.269. The summed E-state index contributed by atoms with van der Waals surface area (Å²) in [5, 5.41) is 6.48. The molecule has 0 bridgehead atoms. The molecule has 2 aromatic carbocycles. The number of thiophene rings is 1. The van der Waals surface area contributed by atoms with Gasteiger partial charge in [-0.25, -0.2) is 4.79 Å². The van der Waals surface area contributed by atoms with Crippen LogP contribution >= 0.6 is 23.6 Å². The Labute approximate surface area is 208 Å². The van der Waals surface area contributed by atoms with Gasteiger partial charge in [0.2, 0.25) is 0 Å². The molecule has 0 spiro atoms. The number of hydrogen-bond acceptors (Lipinski definition) is 6. The van der Waals surface area contributed by atoms with E-state index in [-0.39, 0.29) is 11.0 Å². The molecule has 0 radical (unpaired) electrons. The van der Waals surface area contributed by atoms with Gasteiger partial charge in [0, 0.05) is 16.9 Å². The minimum atomic E-state index is -0.392. The van der Waals surface area contributed by atoms with Crippen molar-refractivity contribution in [3.63, 3.8) is 0 Å². The third-order valence-corrected chi connectivity index (χ3v) is 7.02. The molecule has 34 heavy (non-hydrogen) atoms. The van der Waals surface area contributed by atoms with Gasteiger partial charge in [-0.05, 0) is 67.2 Å². The summed E-state index contributed by atoms with van der Waals surface area (Å²) in [4.78, 5) is 26.4. The highest BCUT2D eigenvalue weighted by Gasteiger charge is 2.26. The van der Waals surface area contributed by atoms with Crippen molar-refractivity contribution in [1.29, 1.82) is 0 Å². The van der Waals surface area contributed by atoms with Crippen LogP contribution in [0.4, 0.5) is 5.00 Å². The molecule has 176 valence electrons. The second kappa shape index (κ2) is 11.3. The predicted molar refractivity (Wildman–Crippen MR) is 138 cm³/mol. The number of hydrogen-bond donors (Lipinski definition) is 2. The van der Waals surface area contributed by atoms with Gasteiger partial charge in [0.15, 0.2) is 5.11 Å². The average molecular weight is 495 g/mol. The standard InChI is InChI=1S/C26H26N2O4S2/c1-31-25(30)22-20-12-5-6-13-21(20)34-24(22)28-26(33)27-23(29)18-10-7-11-19(16-18)32-15-14-17-8-3-2-4-9-17/h2-4,7-11,16H,5-6,12-15H2,1H3,(H2,27,28,29,33). The Kier molecular flexibility index (Phi) is 7.92. The topological polar surface area (TPSA) is 76.7 Å². The van der Waals surface area contributed by atoms with E-state index in [9.17, 15) is 9.59 Å². The van der Waals surface area contributed by atoms with Gasteiger partial charge in [-0.15, -0.1) is 11.3 Å². The van der Waals surface area contributed by atoms with Gasteiger partial charge < -0.3 is 14.8 Å². The summed E-state index contributed by atoms with van der Waals surface area (Å²) in [5.74, 6) is -0.135. The van der Waals surface area contributed by atoms with E-state index in [4.69, 9.17) is 21.7 Å². The number of esters is 1. The zero-order chi connectivity index (χ0) is 23.9. The van der Waals surface area contributed by atoms with Crippen molar-refractivity contribution in [3.05, 3.63) is 81.7 Å². The monoisotopic (exact) mass is 494 g/mol. The van der Waals surface area contributed by atoms with Crippen LogP contribution in [0.3, 0.4) is 0 Å². The number of fused-ring (bicyclic) bond motifs is 1. The predicted octanol–water partition coefficient (Wildman–Crippen LogP) is 5.16. The second-order valence-electron chi connectivity index (χ2n) is 7.93. The largest absolute Gasteiger partial charge is 0.493 e. The van der Waals surface area contributed by atoms with Gasteiger partial charge in [-0.3, -0.25) is 10.1 Å². The first-order valence-corrected chi connectivity index (χ1v) is 12.4. The molecule has 6 nitrogen and oxygen atoms in total. The van der Waals surface area contributed by atoms with Crippen LogP contribution in [-0.2, 0) is 24.0 Å². The quantitative estimate of drug-likeness (QED) is 0.349. The summed E-state index contributed by atoms with van der Waals surface area (Å²) in [5.41, 5.74) is 3.17. The Bertz CT molecular complexity index is 1190. The molecule has 3 aromatic rings. The summed E-state index contributed by atoms with van der Waals surface area (Å²) in [7, 11) is 1.37. The number of ether oxygens (including phenoxy) is 2. The number of nitrogens with one attached hydrogen (secondary N) is 2. The fourth-order valence-corrected chi connectivity index (χ4v) is 5.48. The van der Waals surface area contributed by atoms with Crippen molar-refractivity contribution < 1.29 is 19.1 Å². The lowest BCUT2D eigenvalue weighted by molar-refractivity contribution is 0.0601. The summed E-state index contributed by atoms with van der Waals surface area (Å²) < 4.78 is 10.8. The molecule has 0 fully saturated rings. The molecule has 1 aliphatic rings. The number of carbonyl (C=O) groups excluding carboxylic acids is 2. The molecule has 1 aromatic heterocycles. The first-order chi connectivity index (χ1) is 16.5. The molecule has 0 saturated carbocycles. The number of anilines is 1. The van der Waals surface area contributed by atoms with Crippen molar-refractivity contribution >= 4 is 45.5 Å². The first-order valence-electron chi connectivity index (χ1n) is 11.2. The number of benzene rings is 2. The Morgan fingerprint density at radius 3 is 2.65 bits per heavy atom. The van der Waals surface area contributed by atoms with Crippen LogP contribution in [0.1, 0.15) is 49.6 Å². The molecular formula is C26H26N2O4S2. The highest BCUT2D eigenvalue weighted by atomic mass is 32.1. The van der Waals surface area contributed by atoms with Crippen LogP contribution in [0.25, 0.3) is 0 Å². The summed E-state index contributed by atoms with van der Waals surface area (Å²) in [6.45, 7) is 0.508. The number of methoxy groups -OCH3 is 1. The van der Waals surface area contributed by atoms with Gasteiger partial charge in [0.25, 0.3) is 5.91 Å². The minimum absolute atomic E-state index is 0.129. The smallest absolute Gasteiger partial charge is 0.341 e. The van der Waals surface area contributed by atoms with Gasteiger partial charge in [0.05, 0.1) is 19.3 Å². The van der Waals surface area contributed by atoms with Crippen LogP contribution in [0.15, 0.2) is 54.6 Å². The number of carbonyl (C=O) groups is 2. The third kappa shape index (κ3) is 5.81. The lowest BCUT2D eigenvalue weighted by Gasteiger charge is -2.12. The number of aryl methyl sites for hydroxylation is 1. The highest BCUT2D eigenvalue weighted by molar-refractivity contribution is 7.80. The molecule has 0 unspecified atom stereocenters. The lowest BCUT2D eigenvalue weighted by Crippen LogP contribution is -2.34. The van der Waals surface area contributed by atoms with E-state index in [0.717, 1.165) is 37.7 Å². The van der Waals surface area contributed by atoms with Gasteiger partial charge in [-0.2, -0.15) is 0 Å². The number of thiocarbonyl (C=S) groups is 1. The summed E-state index contributed by atoms with van der Waals surface area (Å²) in [6.07, 6.45) is 4.69. The number of amides is 1. The SMILES string of the molecule is COC(=O)c1c(NC(=S)NC(=O)c2cccc(OCCc3ccccc3)c2)sc2c1CCCC2. The van der Waals surface area contributed by atoms with Crippen molar-refractivity contribution in [3.8, 4) is 5.75 Å². The Morgan fingerprint density at radius 2 is 1.85 bits per heavy atom. The maximum atomic E-state index is 12.8. The highest BCUT2D eigenvalue weighted by Crippen LogP contribution is 2.38. The lowest BCUT2D eigenvalue weighted by atomic mass is 9.95. The van der Waals surface area contributed by atoms with Crippen LogP contribution < -0.4 is 15.4 Å². The Morgan fingerprint density at radius 1 is 1.06 bits per heavy atom. The molecule has 2 N–H and O–H groups in total. The van der Waals surface area contributed by atoms with Crippen LogP contribution in [-0.4, -0.2) is 30.7 Å². The van der Waals surface area contributed by atoms with E-state index in [1.54, 1.807) is 18.2 Å². The van der Waals surface area contributed by atoms with E-state index < -0.39 is 5.97 Å². The second-order valence-corrected chi connectivity index (χ2v) is 9.44. The van der Waals surface area contributed by atoms with Crippen molar-refractivity contribution in [2.75, 3.05) is 19.0 Å². The molecule has 8 heteroatoms. The molecule has 1 amide bonds. The van der Waals surface area contributed by atoms with Crippen molar-refractivity contribution in [2.24, 2.45) is 0 Å². The molecule has 1 aliphatic carbocycles. The van der Waals surface area contributed by atoms with Crippen molar-refractivity contribution in [2.45, 2.75) is 32.1 Å². The summed E-state index contributed by atoms with van der Waals surface area (Å²) in [6, 6.07) is 17.1. The molecule has 1 heterocycles. The summed E-state index contributed by atoms with van der Waals surface area (Å²) >= 11 is 6.87. The van der Waals surface area contributed by atoms with E-state index >= 15 is 0 Å². The van der Waals surface area contributed by atoms with Gasteiger partial charge in [0.1, 0.15) is 10.8 Å². The normalized spacial score (nSPS) is 12.4. The van der Waals surface area contributed by atoms with Crippen molar-refractivity contribution in [1.82, 2.24) is 5.32 Å². The van der Waals surface area contributed by atoms with E-state index in [1.165, 1.54) is 28.9 Å².